The van der Waals surface area contributed by atoms with Crippen molar-refractivity contribution in [2.75, 3.05) is 11.5 Å². The second kappa shape index (κ2) is 5.72. The number of hydrogen-bond donors (Lipinski definition) is 0. The summed E-state index contributed by atoms with van der Waals surface area (Å²) in [6, 6.07) is 0. The van der Waals surface area contributed by atoms with Crippen LogP contribution in [0.25, 0.3) is 0 Å². The minimum absolute atomic E-state index is 0.0397. The van der Waals surface area contributed by atoms with E-state index in [0.717, 1.165) is 0 Å². The van der Waals surface area contributed by atoms with Crippen molar-refractivity contribution in [3.8, 4) is 0 Å². The van der Waals surface area contributed by atoms with Gasteiger partial charge in [-0.15, -0.1) is 0 Å². The maximum Gasteiger partial charge on any atom is 0.345 e. The molecule has 0 N–H and O–H groups in total. The molecular formula is C12H19F3O4S2. The van der Waals surface area contributed by atoms with Crippen molar-refractivity contribution in [3.63, 3.8) is 0 Å². The summed E-state index contributed by atoms with van der Waals surface area (Å²) in [6.07, 6.45) is -1.55. The summed E-state index contributed by atoms with van der Waals surface area (Å²) in [4.78, 5) is 0. The smallest absolute Gasteiger partial charge is 0.246 e. The Kier molecular flexibility index (Phi) is 4.64. The topological polar surface area (TPSA) is 68.3 Å². The predicted molar refractivity (Wildman–Crippen MR) is 72.4 cm³/mol. The Hall–Kier alpha value is -0.310. The molecule has 0 aromatic heterocycles. The Morgan fingerprint density at radius 3 is 2.24 bits per heavy atom. The number of alkyl halides is 3. The minimum Gasteiger partial charge on any atom is -0.246 e. The van der Waals surface area contributed by atoms with Crippen molar-refractivity contribution < 1.29 is 30.0 Å². The molecule has 0 spiro atoms. The largest absolute Gasteiger partial charge is 0.345 e. The fraction of sp³-hybridized carbons (Fsp3) is 1.00. The van der Waals surface area contributed by atoms with Crippen LogP contribution in [0.3, 0.4) is 0 Å². The molecule has 21 heavy (non-hydrogen) atoms. The molecule has 2 saturated heterocycles. The Morgan fingerprint density at radius 1 is 0.905 bits per heavy atom. The Balaban J connectivity index is 2.29. The predicted octanol–water partition coefficient (Wildman–Crippen LogP) is 2.10. The molecule has 2 fully saturated rings. The summed E-state index contributed by atoms with van der Waals surface area (Å²) in [5.74, 6) is -2.33. The minimum atomic E-state index is -4.66. The molecule has 2 aliphatic heterocycles. The van der Waals surface area contributed by atoms with Gasteiger partial charge < -0.3 is 0 Å². The van der Waals surface area contributed by atoms with E-state index < -0.39 is 60.2 Å². The molecule has 2 heterocycles. The first kappa shape index (κ1) is 17.1. The molecule has 0 aliphatic carbocycles. The first-order valence-corrected chi connectivity index (χ1v) is 10.4. The van der Waals surface area contributed by atoms with E-state index in [0.29, 0.717) is 6.42 Å². The third kappa shape index (κ3) is 3.55. The number of hydrogen-bond acceptors (Lipinski definition) is 4. The SMILES string of the molecule is O=S1(=O)CC(F)CCCC1C1CCCC(F)(F)S(=O)(=O)C1. The molecule has 0 amide bonds. The highest BCUT2D eigenvalue weighted by Crippen LogP contribution is 2.39. The molecular weight excluding hydrogens is 329 g/mol. The highest BCUT2D eigenvalue weighted by Gasteiger charge is 2.50. The summed E-state index contributed by atoms with van der Waals surface area (Å²) in [6.45, 7) is 0. The van der Waals surface area contributed by atoms with Crippen molar-refractivity contribution in [2.24, 2.45) is 5.92 Å². The van der Waals surface area contributed by atoms with E-state index in [1.807, 2.05) is 0 Å². The van der Waals surface area contributed by atoms with Crippen molar-refractivity contribution in [2.45, 2.75) is 55.2 Å². The summed E-state index contributed by atoms with van der Waals surface area (Å²) in [5, 5.41) is -4.82. The van der Waals surface area contributed by atoms with Gasteiger partial charge in [0.25, 0.3) is 0 Å². The lowest BCUT2D eigenvalue weighted by Crippen LogP contribution is -2.38. The van der Waals surface area contributed by atoms with E-state index >= 15 is 0 Å². The van der Waals surface area contributed by atoms with Gasteiger partial charge in [0.2, 0.25) is 9.84 Å². The Labute approximate surface area is 122 Å². The first-order valence-electron chi connectivity index (χ1n) is 7.01. The number of halogens is 3. The second-order valence-electron chi connectivity index (χ2n) is 5.97. The van der Waals surface area contributed by atoms with Crippen LogP contribution in [-0.2, 0) is 19.7 Å². The van der Waals surface area contributed by atoms with Gasteiger partial charge in [-0.3, -0.25) is 0 Å². The number of rotatable bonds is 1. The van der Waals surface area contributed by atoms with Gasteiger partial charge in [0.1, 0.15) is 6.17 Å². The highest BCUT2D eigenvalue weighted by molar-refractivity contribution is 7.93. The lowest BCUT2D eigenvalue weighted by molar-refractivity contribution is 0.0816. The van der Waals surface area contributed by atoms with Crippen LogP contribution in [-0.4, -0.2) is 45.0 Å². The third-order valence-corrected chi connectivity index (χ3v) is 8.69. The Morgan fingerprint density at radius 2 is 1.57 bits per heavy atom. The molecule has 4 nitrogen and oxygen atoms in total. The quantitative estimate of drug-likeness (QED) is 0.728. The van der Waals surface area contributed by atoms with Gasteiger partial charge in [-0.25, -0.2) is 21.2 Å². The molecule has 2 aliphatic rings. The van der Waals surface area contributed by atoms with Crippen LogP contribution >= 0.6 is 0 Å². The van der Waals surface area contributed by atoms with Crippen LogP contribution in [0.15, 0.2) is 0 Å². The lowest BCUT2D eigenvalue weighted by Gasteiger charge is -2.24. The maximum atomic E-state index is 13.5. The van der Waals surface area contributed by atoms with Crippen molar-refractivity contribution in [1.82, 2.24) is 0 Å². The van der Waals surface area contributed by atoms with Gasteiger partial charge >= 0.3 is 5.25 Å². The molecule has 0 radical (unpaired) electrons. The van der Waals surface area contributed by atoms with E-state index in [2.05, 4.69) is 0 Å². The molecule has 0 aromatic carbocycles. The Bertz CT molecular complexity index is 586. The van der Waals surface area contributed by atoms with Gasteiger partial charge in [0.05, 0.1) is 16.8 Å². The average molecular weight is 348 g/mol. The summed E-state index contributed by atoms with van der Waals surface area (Å²) in [5.41, 5.74) is 0. The van der Waals surface area contributed by atoms with E-state index in [-0.39, 0.29) is 25.7 Å². The monoisotopic (exact) mass is 348 g/mol. The summed E-state index contributed by atoms with van der Waals surface area (Å²) in [7, 11) is -8.46. The van der Waals surface area contributed by atoms with Crippen LogP contribution in [0.4, 0.5) is 13.2 Å². The molecule has 9 heteroatoms. The van der Waals surface area contributed by atoms with E-state index in [9.17, 15) is 30.0 Å². The van der Waals surface area contributed by atoms with Gasteiger partial charge in [0.15, 0.2) is 9.84 Å². The third-order valence-electron chi connectivity index (χ3n) is 4.34. The van der Waals surface area contributed by atoms with Gasteiger partial charge in [-0.2, -0.15) is 8.78 Å². The molecule has 0 bridgehead atoms. The molecule has 3 atom stereocenters. The average Bonchev–Trinajstić information content (AvgIpc) is 2.49. The molecule has 3 unspecified atom stereocenters. The van der Waals surface area contributed by atoms with Crippen LogP contribution in [0, 0.1) is 5.92 Å². The summed E-state index contributed by atoms with van der Waals surface area (Å²) < 4.78 is 88.2. The maximum absolute atomic E-state index is 13.5. The normalized spacial score (nSPS) is 39.1. The van der Waals surface area contributed by atoms with Crippen LogP contribution in [0.2, 0.25) is 0 Å². The fourth-order valence-electron chi connectivity index (χ4n) is 3.21. The van der Waals surface area contributed by atoms with Gasteiger partial charge in [-0.05, 0) is 38.0 Å². The van der Waals surface area contributed by atoms with Crippen molar-refractivity contribution in [3.05, 3.63) is 0 Å². The van der Waals surface area contributed by atoms with Crippen LogP contribution < -0.4 is 0 Å². The van der Waals surface area contributed by atoms with Crippen LogP contribution in [0.1, 0.15) is 38.5 Å². The zero-order valence-electron chi connectivity index (χ0n) is 11.5. The second-order valence-corrected chi connectivity index (χ2v) is 10.4. The summed E-state index contributed by atoms with van der Waals surface area (Å²) >= 11 is 0. The molecule has 0 saturated carbocycles. The van der Waals surface area contributed by atoms with Gasteiger partial charge in [-0.1, -0.05) is 0 Å². The first-order chi connectivity index (χ1) is 9.55. The number of sulfone groups is 2. The van der Waals surface area contributed by atoms with Crippen LogP contribution in [0.5, 0.6) is 0 Å². The molecule has 2 rings (SSSR count). The lowest BCUT2D eigenvalue weighted by atomic mass is 9.96. The molecule has 124 valence electrons. The zero-order chi connectivity index (χ0) is 15.9. The van der Waals surface area contributed by atoms with Crippen molar-refractivity contribution >= 4 is 19.7 Å². The molecule has 0 aromatic rings. The van der Waals surface area contributed by atoms with E-state index in [1.165, 1.54) is 0 Å². The van der Waals surface area contributed by atoms with Crippen molar-refractivity contribution in [1.29, 1.82) is 0 Å². The fourth-order valence-corrected chi connectivity index (χ4v) is 7.26. The van der Waals surface area contributed by atoms with Gasteiger partial charge in [0, 0.05) is 6.42 Å². The zero-order valence-corrected chi connectivity index (χ0v) is 13.1. The van der Waals surface area contributed by atoms with E-state index in [4.69, 9.17) is 0 Å². The standard InChI is InChI=1S/C12H19F3O4S2/c13-10-4-1-5-11(20(16,17)8-10)9-3-2-6-12(14,15)21(18,19)7-9/h9-11H,1-8H2. The van der Waals surface area contributed by atoms with E-state index in [1.54, 1.807) is 0 Å². The highest BCUT2D eigenvalue weighted by atomic mass is 32.2.